The van der Waals surface area contributed by atoms with Gasteiger partial charge in [-0.2, -0.15) is 4.57 Å². The number of hydrogen-bond donors (Lipinski definition) is 1. The molecule has 0 aliphatic heterocycles. The molecule has 0 bridgehead atoms. The Hall–Kier alpha value is -2.08. The second kappa shape index (κ2) is 7.49. The average molecular weight is 339 g/mol. The van der Waals surface area contributed by atoms with Crippen molar-refractivity contribution in [1.82, 2.24) is 0 Å². The number of ketones is 1. The van der Waals surface area contributed by atoms with Crippen molar-refractivity contribution in [3.63, 3.8) is 0 Å². The van der Waals surface area contributed by atoms with E-state index in [1.807, 2.05) is 0 Å². The third kappa shape index (κ3) is 3.96. The molecule has 1 N–H and O–H groups in total. The van der Waals surface area contributed by atoms with E-state index in [4.69, 9.17) is 5.21 Å². The van der Waals surface area contributed by atoms with Crippen LogP contribution in [0.5, 0.6) is 0 Å². The maximum absolute atomic E-state index is 12.8. The van der Waals surface area contributed by atoms with Crippen molar-refractivity contribution in [1.29, 1.82) is 0 Å². The number of pyridine rings is 1. The summed E-state index contributed by atoms with van der Waals surface area (Å²) in [5, 5.41) is 11.5. The Kier molecular flexibility index (Phi) is 5.99. The Labute approximate surface area is 125 Å². The molecular weight excluding hydrogens is 327 g/mol. The third-order valence-electron chi connectivity index (χ3n) is 2.65. The topological polar surface area (TPSA) is 53.5 Å². The number of benzene rings is 1. The van der Waals surface area contributed by atoms with Crippen molar-refractivity contribution in [3.8, 4) is 0 Å². The highest BCUT2D eigenvalue weighted by atomic mass is 79.9. The van der Waals surface area contributed by atoms with Crippen molar-refractivity contribution < 1.29 is 35.9 Å². The van der Waals surface area contributed by atoms with Gasteiger partial charge in [0, 0.05) is 17.7 Å². The Morgan fingerprint density at radius 3 is 2.60 bits per heavy atom. The van der Waals surface area contributed by atoms with Crippen LogP contribution < -0.4 is 21.5 Å². The van der Waals surface area contributed by atoms with Gasteiger partial charge in [0.2, 0.25) is 18.0 Å². The van der Waals surface area contributed by atoms with Crippen LogP contribution in [0.15, 0.2) is 53.8 Å². The zero-order valence-electron chi connectivity index (χ0n) is 10.4. The highest BCUT2D eigenvalue weighted by molar-refractivity contribution is 5.95. The standard InChI is InChI=1S/C14H11FN2O2.BrH/c15-12-6-4-11(5-7-12)14(18)10-17-8-2-1-3-13(17)9-16-19;/h1-9H,10H2;1H. The van der Waals surface area contributed by atoms with E-state index in [-0.39, 0.29) is 35.1 Å². The number of halogens is 2. The van der Waals surface area contributed by atoms with E-state index in [0.717, 1.165) is 0 Å². The Morgan fingerprint density at radius 1 is 1.25 bits per heavy atom. The molecule has 0 unspecified atom stereocenters. The molecule has 0 saturated heterocycles. The molecule has 0 amide bonds. The number of nitrogens with zero attached hydrogens (tertiary/aromatic N) is 2. The first kappa shape index (κ1) is 16.0. The van der Waals surface area contributed by atoms with Crippen LogP contribution in [0, 0.1) is 5.82 Å². The first-order valence-corrected chi connectivity index (χ1v) is 5.65. The van der Waals surface area contributed by atoms with Crippen LogP contribution in [0.1, 0.15) is 16.1 Å². The van der Waals surface area contributed by atoms with Gasteiger partial charge >= 0.3 is 0 Å². The molecule has 0 aliphatic carbocycles. The second-order valence-electron chi connectivity index (χ2n) is 3.93. The van der Waals surface area contributed by atoms with Crippen molar-refractivity contribution in [2.75, 3.05) is 0 Å². The Bertz CT molecular complexity index is 615. The molecule has 2 rings (SSSR count). The summed E-state index contributed by atoms with van der Waals surface area (Å²) in [6, 6.07) is 10.7. The molecular formula is C14H12BrFN2O2. The fourth-order valence-electron chi connectivity index (χ4n) is 1.69. The van der Waals surface area contributed by atoms with Gasteiger partial charge in [0.25, 0.3) is 0 Å². The number of carbonyl (C=O) groups is 1. The summed E-state index contributed by atoms with van der Waals surface area (Å²) < 4.78 is 14.4. The molecule has 0 fully saturated rings. The summed E-state index contributed by atoms with van der Waals surface area (Å²) in [6.07, 6.45) is 2.95. The summed E-state index contributed by atoms with van der Waals surface area (Å²) in [4.78, 5) is 12.0. The molecule has 4 nitrogen and oxygen atoms in total. The molecule has 0 atom stereocenters. The summed E-state index contributed by atoms with van der Waals surface area (Å²) >= 11 is 0. The lowest BCUT2D eigenvalue weighted by Crippen LogP contribution is -3.00. The van der Waals surface area contributed by atoms with Crippen LogP contribution in [0.3, 0.4) is 0 Å². The second-order valence-corrected chi connectivity index (χ2v) is 3.93. The number of Topliss-reactive ketones (excluding diaryl/α,β-unsaturated/α-hetero) is 1. The van der Waals surface area contributed by atoms with Crippen LogP contribution in [0.25, 0.3) is 0 Å². The van der Waals surface area contributed by atoms with Crippen LogP contribution >= 0.6 is 0 Å². The van der Waals surface area contributed by atoms with Gasteiger partial charge in [0.15, 0.2) is 6.20 Å². The van der Waals surface area contributed by atoms with E-state index in [9.17, 15) is 9.18 Å². The minimum Gasteiger partial charge on any atom is -1.00 e. The zero-order valence-corrected chi connectivity index (χ0v) is 12.0. The van der Waals surface area contributed by atoms with Crippen molar-refractivity contribution in [3.05, 3.63) is 65.7 Å². The number of rotatable bonds is 4. The van der Waals surface area contributed by atoms with Crippen molar-refractivity contribution >= 4 is 12.0 Å². The maximum atomic E-state index is 12.8. The fourth-order valence-corrected chi connectivity index (χ4v) is 1.69. The smallest absolute Gasteiger partial charge is 0.227 e. The lowest BCUT2D eigenvalue weighted by Gasteiger charge is -2.00. The van der Waals surface area contributed by atoms with E-state index in [1.54, 1.807) is 29.0 Å². The normalized spacial score (nSPS) is 10.2. The van der Waals surface area contributed by atoms with Gasteiger partial charge in [-0.05, 0) is 30.3 Å². The molecule has 0 radical (unpaired) electrons. The van der Waals surface area contributed by atoms with Gasteiger partial charge in [-0.25, -0.2) is 4.39 Å². The van der Waals surface area contributed by atoms with Crippen molar-refractivity contribution in [2.45, 2.75) is 6.54 Å². The molecule has 104 valence electrons. The number of carbonyl (C=O) groups excluding carboxylic acids is 1. The van der Waals surface area contributed by atoms with E-state index < -0.39 is 0 Å². The molecule has 2 aromatic rings. The van der Waals surface area contributed by atoms with Gasteiger partial charge < -0.3 is 22.2 Å². The maximum Gasteiger partial charge on any atom is 0.227 e. The van der Waals surface area contributed by atoms with Gasteiger partial charge in [0.05, 0.1) is 0 Å². The van der Waals surface area contributed by atoms with Crippen LogP contribution in [-0.2, 0) is 6.54 Å². The predicted octanol–water partition coefficient (Wildman–Crippen LogP) is -1.19. The molecule has 1 aromatic heterocycles. The lowest BCUT2D eigenvalue weighted by molar-refractivity contribution is -0.684. The van der Waals surface area contributed by atoms with Gasteiger partial charge in [-0.15, -0.1) is 0 Å². The lowest BCUT2D eigenvalue weighted by atomic mass is 10.1. The quantitative estimate of drug-likeness (QED) is 0.250. The monoisotopic (exact) mass is 338 g/mol. The Morgan fingerprint density at radius 2 is 1.95 bits per heavy atom. The van der Waals surface area contributed by atoms with E-state index in [1.165, 1.54) is 30.5 Å². The van der Waals surface area contributed by atoms with E-state index in [2.05, 4.69) is 5.16 Å². The van der Waals surface area contributed by atoms with Crippen LogP contribution in [-0.4, -0.2) is 17.2 Å². The molecule has 0 saturated carbocycles. The molecule has 6 heteroatoms. The van der Waals surface area contributed by atoms with Gasteiger partial charge in [0.1, 0.15) is 12.0 Å². The van der Waals surface area contributed by atoms with E-state index >= 15 is 0 Å². The highest BCUT2D eigenvalue weighted by Crippen LogP contribution is 2.04. The zero-order chi connectivity index (χ0) is 13.7. The molecule has 1 heterocycles. The van der Waals surface area contributed by atoms with Crippen molar-refractivity contribution in [2.24, 2.45) is 5.16 Å². The third-order valence-corrected chi connectivity index (χ3v) is 2.65. The summed E-state index contributed by atoms with van der Waals surface area (Å²) in [5.74, 6) is -0.527. The largest absolute Gasteiger partial charge is 1.00 e. The summed E-state index contributed by atoms with van der Waals surface area (Å²) in [5.41, 5.74) is 1.03. The summed E-state index contributed by atoms with van der Waals surface area (Å²) in [7, 11) is 0. The predicted molar refractivity (Wildman–Crippen MR) is 66.7 cm³/mol. The average Bonchev–Trinajstić information content (AvgIpc) is 2.42. The van der Waals surface area contributed by atoms with Gasteiger partial charge in [-0.3, -0.25) is 4.79 Å². The Balaban J connectivity index is 0.00000200. The van der Waals surface area contributed by atoms with Crippen LogP contribution in [0.2, 0.25) is 0 Å². The molecule has 0 aliphatic rings. The molecule has 0 spiro atoms. The van der Waals surface area contributed by atoms with Gasteiger partial charge in [-0.1, -0.05) is 5.16 Å². The highest BCUT2D eigenvalue weighted by Gasteiger charge is 2.15. The van der Waals surface area contributed by atoms with E-state index in [0.29, 0.717) is 11.3 Å². The first-order valence-electron chi connectivity index (χ1n) is 5.65. The fraction of sp³-hybridized carbons (Fsp3) is 0.0714. The SMILES string of the molecule is O=C(C[n+]1ccccc1C=NO)c1ccc(F)cc1.[Br-]. The number of hydrogen-bond acceptors (Lipinski definition) is 3. The minimum absolute atomic E-state index is 0. The number of aromatic nitrogens is 1. The van der Waals surface area contributed by atoms with Crippen LogP contribution in [0.4, 0.5) is 4.39 Å². The molecule has 20 heavy (non-hydrogen) atoms. The molecule has 1 aromatic carbocycles. The first-order chi connectivity index (χ1) is 9.20. The minimum atomic E-state index is -0.378. The number of oxime groups is 1. The summed E-state index contributed by atoms with van der Waals surface area (Å²) in [6.45, 7) is 0.0911.